The van der Waals surface area contributed by atoms with Gasteiger partial charge in [0.05, 0.1) is 6.54 Å². The first-order chi connectivity index (χ1) is 11.5. The fraction of sp³-hybridized carbons (Fsp3) is 0.211. The fourth-order valence-corrected chi connectivity index (χ4v) is 2.54. The van der Waals surface area contributed by atoms with Gasteiger partial charge < -0.3 is 20.2 Å². The quantitative estimate of drug-likeness (QED) is 0.670. The molecule has 0 bridgehead atoms. The standard InChI is InChI=1S/C19H20N2O3/c1-12-6-14-8-17(24-18(14)7-13(12)2)10-20-15-4-3-5-16(9-15)21-19(23)11-22/h3-9,20,22H,10-11H2,1-2H3,(H,21,23). The van der Waals surface area contributed by atoms with Crippen molar-refractivity contribution >= 4 is 28.3 Å². The van der Waals surface area contributed by atoms with Crippen LogP contribution in [0.15, 0.2) is 46.9 Å². The molecule has 3 N–H and O–H groups in total. The molecule has 0 fully saturated rings. The summed E-state index contributed by atoms with van der Waals surface area (Å²) in [6, 6.07) is 13.5. The molecule has 124 valence electrons. The Kier molecular flexibility index (Phi) is 4.53. The second-order valence-corrected chi connectivity index (χ2v) is 5.83. The maximum atomic E-state index is 11.2. The average Bonchev–Trinajstić information content (AvgIpc) is 2.95. The molecular formula is C19H20N2O3. The molecule has 5 nitrogen and oxygen atoms in total. The Labute approximate surface area is 140 Å². The highest BCUT2D eigenvalue weighted by atomic mass is 16.3. The van der Waals surface area contributed by atoms with Crippen molar-refractivity contribution in [2.24, 2.45) is 0 Å². The number of hydrogen-bond donors (Lipinski definition) is 3. The van der Waals surface area contributed by atoms with Crippen LogP contribution in [-0.4, -0.2) is 17.6 Å². The van der Waals surface area contributed by atoms with E-state index in [1.54, 1.807) is 6.07 Å². The first-order valence-electron chi connectivity index (χ1n) is 7.79. The second-order valence-electron chi connectivity index (χ2n) is 5.83. The number of anilines is 2. The number of benzene rings is 2. The summed E-state index contributed by atoms with van der Waals surface area (Å²) in [7, 11) is 0. The van der Waals surface area contributed by atoms with Crippen molar-refractivity contribution in [3.8, 4) is 0 Å². The third-order valence-corrected chi connectivity index (χ3v) is 3.94. The minimum absolute atomic E-state index is 0.435. The van der Waals surface area contributed by atoms with Crippen molar-refractivity contribution in [1.29, 1.82) is 0 Å². The highest BCUT2D eigenvalue weighted by Crippen LogP contribution is 2.24. The van der Waals surface area contributed by atoms with Gasteiger partial charge in [-0.05, 0) is 61.4 Å². The first-order valence-corrected chi connectivity index (χ1v) is 7.79. The lowest BCUT2D eigenvalue weighted by atomic mass is 10.1. The summed E-state index contributed by atoms with van der Waals surface area (Å²) in [5.74, 6) is 0.412. The monoisotopic (exact) mass is 324 g/mol. The van der Waals surface area contributed by atoms with Gasteiger partial charge in [-0.1, -0.05) is 6.07 Å². The van der Waals surface area contributed by atoms with E-state index in [0.717, 1.165) is 22.4 Å². The molecule has 1 aromatic heterocycles. The number of hydrogen-bond acceptors (Lipinski definition) is 4. The lowest BCUT2D eigenvalue weighted by Crippen LogP contribution is -2.15. The van der Waals surface area contributed by atoms with E-state index in [4.69, 9.17) is 9.52 Å². The number of aliphatic hydroxyl groups excluding tert-OH is 1. The van der Waals surface area contributed by atoms with Gasteiger partial charge in [-0.3, -0.25) is 4.79 Å². The van der Waals surface area contributed by atoms with Gasteiger partial charge in [0.1, 0.15) is 18.0 Å². The Bertz CT molecular complexity index is 844. The number of carbonyl (C=O) groups excluding carboxylic acids is 1. The van der Waals surface area contributed by atoms with Crippen molar-refractivity contribution in [3.63, 3.8) is 0 Å². The lowest BCUT2D eigenvalue weighted by Gasteiger charge is -2.08. The van der Waals surface area contributed by atoms with E-state index in [-0.39, 0.29) is 0 Å². The lowest BCUT2D eigenvalue weighted by molar-refractivity contribution is -0.118. The van der Waals surface area contributed by atoms with Crippen LogP contribution >= 0.6 is 0 Å². The average molecular weight is 324 g/mol. The Morgan fingerprint density at radius 3 is 2.62 bits per heavy atom. The number of nitrogens with one attached hydrogen (secondary N) is 2. The van der Waals surface area contributed by atoms with E-state index in [9.17, 15) is 4.79 Å². The maximum Gasteiger partial charge on any atom is 0.250 e. The normalized spacial score (nSPS) is 10.8. The Hall–Kier alpha value is -2.79. The number of carbonyl (C=O) groups is 1. The molecule has 2 aromatic carbocycles. The highest BCUT2D eigenvalue weighted by molar-refractivity contribution is 5.92. The zero-order valence-corrected chi connectivity index (χ0v) is 13.7. The zero-order chi connectivity index (χ0) is 17.1. The van der Waals surface area contributed by atoms with Crippen LogP contribution in [0.2, 0.25) is 0 Å². The number of aliphatic hydroxyl groups is 1. The van der Waals surface area contributed by atoms with E-state index in [1.807, 2.05) is 24.3 Å². The van der Waals surface area contributed by atoms with Crippen molar-refractivity contribution in [1.82, 2.24) is 0 Å². The Morgan fingerprint density at radius 2 is 1.83 bits per heavy atom. The van der Waals surface area contributed by atoms with E-state index < -0.39 is 12.5 Å². The summed E-state index contributed by atoms with van der Waals surface area (Å²) in [6.45, 7) is 4.17. The van der Waals surface area contributed by atoms with Crippen LogP contribution in [0.3, 0.4) is 0 Å². The summed E-state index contributed by atoms with van der Waals surface area (Å²) >= 11 is 0. The number of amides is 1. The molecule has 24 heavy (non-hydrogen) atoms. The van der Waals surface area contributed by atoms with Crippen LogP contribution in [0.25, 0.3) is 11.0 Å². The first kappa shape index (κ1) is 16.1. The largest absolute Gasteiger partial charge is 0.459 e. The summed E-state index contributed by atoms with van der Waals surface area (Å²) in [6.07, 6.45) is 0. The van der Waals surface area contributed by atoms with Gasteiger partial charge in [0, 0.05) is 16.8 Å². The molecule has 0 aliphatic carbocycles. The Balaban J connectivity index is 1.71. The smallest absolute Gasteiger partial charge is 0.250 e. The van der Waals surface area contributed by atoms with Crippen LogP contribution in [0.1, 0.15) is 16.9 Å². The van der Waals surface area contributed by atoms with E-state index in [2.05, 4.69) is 36.6 Å². The third-order valence-electron chi connectivity index (χ3n) is 3.94. The van der Waals surface area contributed by atoms with E-state index >= 15 is 0 Å². The van der Waals surface area contributed by atoms with E-state index in [1.165, 1.54) is 11.1 Å². The molecule has 0 aliphatic rings. The molecule has 1 heterocycles. The number of furan rings is 1. The maximum absolute atomic E-state index is 11.2. The molecule has 0 aliphatic heterocycles. The van der Waals surface area contributed by atoms with Gasteiger partial charge in [-0.15, -0.1) is 0 Å². The van der Waals surface area contributed by atoms with Crippen LogP contribution in [0.4, 0.5) is 11.4 Å². The third kappa shape index (κ3) is 3.58. The minimum Gasteiger partial charge on any atom is -0.459 e. The van der Waals surface area contributed by atoms with Crippen LogP contribution in [-0.2, 0) is 11.3 Å². The second kappa shape index (κ2) is 6.76. The number of rotatable bonds is 5. The molecule has 0 atom stereocenters. The molecule has 0 unspecified atom stereocenters. The molecule has 5 heteroatoms. The van der Waals surface area contributed by atoms with Crippen molar-refractivity contribution in [2.75, 3.05) is 17.2 Å². The van der Waals surface area contributed by atoms with Gasteiger partial charge in [-0.25, -0.2) is 0 Å². The molecular weight excluding hydrogens is 304 g/mol. The SMILES string of the molecule is Cc1cc2cc(CNc3cccc(NC(=O)CO)c3)oc2cc1C. The van der Waals surface area contributed by atoms with E-state index in [0.29, 0.717) is 12.2 Å². The minimum atomic E-state index is -0.532. The van der Waals surface area contributed by atoms with Crippen molar-refractivity contribution < 1.29 is 14.3 Å². The van der Waals surface area contributed by atoms with Gasteiger partial charge in [0.2, 0.25) is 5.91 Å². The van der Waals surface area contributed by atoms with Gasteiger partial charge in [0.25, 0.3) is 0 Å². The zero-order valence-electron chi connectivity index (χ0n) is 13.7. The van der Waals surface area contributed by atoms with Crippen LogP contribution < -0.4 is 10.6 Å². The molecule has 3 rings (SSSR count). The molecule has 0 spiro atoms. The predicted molar refractivity (Wildman–Crippen MR) is 95.2 cm³/mol. The molecule has 0 radical (unpaired) electrons. The van der Waals surface area contributed by atoms with Crippen molar-refractivity contribution in [3.05, 3.63) is 59.4 Å². The van der Waals surface area contributed by atoms with Gasteiger partial charge >= 0.3 is 0 Å². The topological polar surface area (TPSA) is 74.5 Å². The van der Waals surface area contributed by atoms with Crippen LogP contribution in [0, 0.1) is 13.8 Å². The number of fused-ring (bicyclic) bond motifs is 1. The molecule has 1 amide bonds. The summed E-state index contributed by atoms with van der Waals surface area (Å²) in [4.78, 5) is 11.2. The fourth-order valence-electron chi connectivity index (χ4n) is 2.54. The van der Waals surface area contributed by atoms with Crippen molar-refractivity contribution in [2.45, 2.75) is 20.4 Å². The molecule has 0 saturated heterocycles. The molecule has 3 aromatic rings. The number of aryl methyl sites for hydroxylation is 2. The molecule has 0 saturated carbocycles. The highest BCUT2D eigenvalue weighted by Gasteiger charge is 2.06. The summed E-state index contributed by atoms with van der Waals surface area (Å²) < 4.78 is 5.87. The summed E-state index contributed by atoms with van der Waals surface area (Å²) in [5.41, 5.74) is 4.84. The summed E-state index contributed by atoms with van der Waals surface area (Å²) in [5, 5.41) is 15.8. The predicted octanol–water partition coefficient (Wildman–Crippen LogP) is 3.59. The van der Waals surface area contributed by atoms with Gasteiger partial charge in [-0.2, -0.15) is 0 Å². The van der Waals surface area contributed by atoms with Gasteiger partial charge in [0.15, 0.2) is 0 Å². The Morgan fingerprint density at radius 1 is 1.08 bits per heavy atom. The van der Waals surface area contributed by atoms with Crippen LogP contribution in [0.5, 0.6) is 0 Å².